The molecule has 0 heterocycles. The molecule has 1 aliphatic carbocycles. The van der Waals surface area contributed by atoms with Crippen molar-refractivity contribution in [1.82, 2.24) is 5.32 Å². The molecule has 1 atom stereocenters. The van der Waals surface area contributed by atoms with Gasteiger partial charge in [-0.25, -0.2) is 0 Å². The van der Waals surface area contributed by atoms with Crippen LogP contribution in [0, 0.1) is 18.1 Å². The molecule has 0 amide bonds. The maximum absolute atomic E-state index is 8.38. The van der Waals surface area contributed by atoms with E-state index in [9.17, 15) is 0 Å². The van der Waals surface area contributed by atoms with E-state index in [1.165, 1.54) is 0 Å². The van der Waals surface area contributed by atoms with E-state index in [0.29, 0.717) is 18.9 Å². The topological polar surface area (TPSA) is 67.5 Å². The average molecular weight is 302 g/mol. The second-order valence-corrected chi connectivity index (χ2v) is 5.15. The smallest absolute Gasteiger partial charge is 0.131 e. The summed E-state index contributed by atoms with van der Waals surface area (Å²) in [5, 5.41) is 11.2. The van der Waals surface area contributed by atoms with Crippen LogP contribution in [0.3, 0.4) is 0 Å². The van der Waals surface area contributed by atoms with E-state index >= 15 is 0 Å². The van der Waals surface area contributed by atoms with Gasteiger partial charge in [0, 0.05) is 19.0 Å². The van der Waals surface area contributed by atoms with Crippen LogP contribution in [-0.4, -0.2) is 18.2 Å². The largest absolute Gasteiger partial charge is 0.462 e. The lowest BCUT2D eigenvalue weighted by atomic mass is 10.0. The Morgan fingerprint density at radius 2 is 2.41 bits per heavy atom. The molecule has 0 aromatic rings. The molecule has 0 aromatic heterocycles. The van der Waals surface area contributed by atoms with Crippen LogP contribution in [0.4, 0.5) is 0 Å². The summed E-state index contributed by atoms with van der Waals surface area (Å²) >= 11 is 0. The number of rotatable bonds is 9. The Balaban J connectivity index is 2.34. The highest BCUT2D eigenvalue weighted by atomic mass is 16.5. The Bertz CT molecular complexity index is 481. The van der Waals surface area contributed by atoms with Gasteiger partial charge in [0.25, 0.3) is 0 Å². The minimum Gasteiger partial charge on any atom is -0.462 e. The maximum Gasteiger partial charge on any atom is 0.131 e. The van der Waals surface area contributed by atoms with E-state index in [1.807, 2.05) is 24.3 Å². The van der Waals surface area contributed by atoms with Gasteiger partial charge in [-0.3, -0.25) is 0 Å². The lowest BCUT2D eigenvalue weighted by molar-refractivity contribution is 0.314. The van der Waals surface area contributed by atoms with E-state index in [1.54, 1.807) is 0 Å². The second kappa shape index (κ2) is 11.5. The number of ether oxygens (including phenoxy) is 1. The number of hydrogen-bond acceptors (Lipinski definition) is 4. The van der Waals surface area contributed by atoms with Crippen LogP contribution in [0.2, 0.25) is 0 Å². The Morgan fingerprint density at radius 3 is 3.18 bits per heavy atom. The molecule has 0 fully saturated rings. The second-order valence-electron chi connectivity index (χ2n) is 5.15. The van der Waals surface area contributed by atoms with Crippen LogP contribution in [0.25, 0.3) is 0 Å². The van der Waals surface area contributed by atoms with E-state index in [0.717, 1.165) is 43.7 Å². The van der Waals surface area contributed by atoms with Crippen LogP contribution in [0.1, 0.15) is 32.1 Å². The minimum absolute atomic E-state index is 0.489. The molecule has 1 aliphatic rings. The molecule has 4 N–H and O–H groups in total. The molecule has 0 saturated heterocycles. The zero-order chi connectivity index (χ0) is 16.0. The monoisotopic (exact) mass is 302 g/mol. The van der Waals surface area contributed by atoms with Crippen LogP contribution < -0.4 is 11.1 Å². The van der Waals surface area contributed by atoms with Gasteiger partial charge in [0.15, 0.2) is 0 Å². The predicted molar refractivity (Wildman–Crippen MR) is 89.9 cm³/mol. The number of nitrogens with two attached hydrogens (primary N) is 1. The van der Waals surface area contributed by atoms with Gasteiger partial charge in [0.05, 0.1) is 0 Å². The van der Waals surface area contributed by atoms with Crippen molar-refractivity contribution in [1.29, 1.82) is 0 Å². The summed E-state index contributed by atoms with van der Waals surface area (Å²) in [6.07, 6.45) is 16.8. The number of aliphatic hydroxyl groups excluding tert-OH is 1. The number of hydrogen-bond donors (Lipinski definition) is 3. The molecule has 0 bridgehead atoms. The molecule has 0 aliphatic heterocycles. The van der Waals surface area contributed by atoms with Gasteiger partial charge in [0.2, 0.25) is 0 Å². The fraction of sp³-hybridized carbons (Fsp3) is 0.444. The summed E-state index contributed by atoms with van der Waals surface area (Å²) in [5.41, 5.74) is 5.43. The zero-order valence-electron chi connectivity index (χ0n) is 13.1. The van der Waals surface area contributed by atoms with E-state index in [2.05, 4.69) is 30.1 Å². The Labute approximate surface area is 133 Å². The molecule has 22 heavy (non-hydrogen) atoms. The zero-order valence-corrected chi connectivity index (χ0v) is 13.1. The Hall–Kier alpha value is -2.12. The summed E-state index contributed by atoms with van der Waals surface area (Å²) in [5.74, 6) is 2.09. The summed E-state index contributed by atoms with van der Waals surface area (Å²) in [6, 6.07) is 2.43. The lowest BCUT2D eigenvalue weighted by Gasteiger charge is -2.09. The summed E-state index contributed by atoms with van der Waals surface area (Å²) in [4.78, 5) is 0. The van der Waals surface area contributed by atoms with Crippen LogP contribution in [0.15, 0.2) is 48.5 Å². The first kappa shape index (κ1) is 17.9. The lowest BCUT2D eigenvalue weighted by Crippen LogP contribution is -2.11. The van der Waals surface area contributed by atoms with Crippen molar-refractivity contribution in [2.45, 2.75) is 32.1 Å². The third kappa shape index (κ3) is 8.23. The van der Waals surface area contributed by atoms with E-state index in [-0.39, 0.29) is 0 Å². The SMILES string of the molecule is C=C(CC=CCCN)OC1=CCCC(CCNC#CO)C=C1. The number of aliphatic hydroxyl groups is 1. The molecule has 0 spiro atoms. The van der Waals surface area contributed by atoms with E-state index in [4.69, 9.17) is 15.6 Å². The minimum atomic E-state index is 0.489. The van der Waals surface area contributed by atoms with Crippen molar-refractivity contribution in [2.75, 3.05) is 13.1 Å². The fourth-order valence-corrected chi connectivity index (χ4v) is 2.15. The average Bonchev–Trinajstić information content (AvgIpc) is 2.74. The molecule has 0 aromatic carbocycles. The Kier molecular flexibility index (Phi) is 9.40. The summed E-state index contributed by atoms with van der Waals surface area (Å²) in [6.45, 7) is 5.36. The maximum atomic E-state index is 8.38. The molecule has 4 heteroatoms. The van der Waals surface area contributed by atoms with Crippen LogP contribution >= 0.6 is 0 Å². The van der Waals surface area contributed by atoms with Gasteiger partial charge < -0.3 is 20.9 Å². The van der Waals surface area contributed by atoms with Crippen molar-refractivity contribution in [2.24, 2.45) is 11.7 Å². The predicted octanol–water partition coefficient (Wildman–Crippen LogP) is 2.93. The number of allylic oxidation sites excluding steroid dienone is 4. The van der Waals surface area contributed by atoms with Gasteiger partial charge >= 0.3 is 0 Å². The molecular weight excluding hydrogens is 276 g/mol. The highest BCUT2D eigenvalue weighted by molar-refractivity contribution is 5.18. The molecule has 0 saturated carbocycles. The molecule has 1 unspecified atom stereocenters. The quantitative estimate of drug-likeness (QED) is 0.201. The molecule has 1 rings (SSSR count). The third-order valence-corrected chi connectivity index (χ3v) is 3.31. The summed E-state index contributed by atoms with van der Waals surface area (Å²) in [7, 11) is 0. The van der Waals surface area contributed by atoms with Crippen molar-refractivity contribution >= 4 is 0 Å². The first-order valence-corrected chi connectivity index (χ1v) is 7.72. The van der Waals surface area contributed by atoms with Crippen molar-refractivity contribution in [3.05, 3.63) is 48.5 Å². The standard InChI is InChI=1S/C18H26N2O2/c1-16(6-3-2-4-12-19)22-18-8-5-7-17(9-10-18)11-13-20-14-15-21/h2-3,8-10,17,20-21H,1,4-7,11-13,19H2. The van der Waals surface area contributed by atoms with Gasteiger partial charge in [-0.15, -0.1) is 0 Å². The Morgan fingerprint density at radius 1 is 1.55 bits per heavy atom. The van der Waals surface area contributed by atoms with Gasteiger partial charge in [-0.1, -0.05) is 24.8 Å². The highest BCUT2D eigenvalue weighted by Crippen LogP contribution is 2.21. The third-order valence-electron chi connectivity index (χ3n) is 3.31. The normalized spacial score (nSPS) is 17.3. The molecular formula is C18H26N2O2. The van der Waals surface area contributed by atoms with Crippen molar-refractivity contribution < 1.29 is 9.84 Å². The van der Waals surface area contributed by atoms with Gasteiger partial charge in [-0.2, -0.15) is 0 Å². The van der Waals surface area contributed by atoms with Crippen LogP contribution in [0.5, 0.6) is 0 Å². The summed E-state index contributed by atoms with van der Waals surface area (Å²) < 4.78 is 5.77. The van der Waals surface area contributed by atoms with Crippen molar-refractivity contribution in [3.63, 3.8) is 0 Å². The van der Waals surface area contributed by atoms with Crippen LogP contribution in [-0.2, 0) is 4.74 Å². The highest BCUT2D eigenvalue weighted by Gasteiger charge is 2.08. The van der Waals surface area contributed by atoms with Gasteiger partial charge in [0.1, 0.15) is 17.6 Å². The molecule has 120 valence electrons. The molecule has 0 radical (unpaired) electrons. The molecule has 4 nitrogen and oxygen atoms in total. The van der Waals surface area contributed by atoms with Crippen molar-refractivity contribution in [3.8, 4) is 12.2 Å². The number of nitrogens with one attached hydrogen (secondary N) is 1. The first-order chi connectivity index (χ1) is 10.8. The first-order valence-electron chi connectivity index (χ1n) is 7.72. The van der Waals surface area contributed by atoms with Gasteiger partial charge in [-0.05, 0) is 50.3 Å². The van der Waals surface area contributed by atoms with E-state index < -0.39 is 0 Å². The fourth-order valence-electron chi connectivity index (χ4n) is 2.15.